The highest BCUT2D eigenvalue weighted by molar-refractivity contribution is 9.10. The number of nitrogens with one attached hydrogen (secondary N) is 2. The first-order valence-electron chi connectivity index (χ1n) is 7.83. The highest BCUT2D eigenvalue weighted by Gasteiger charge is 2.10. The van der Waals surface area contributed by atoms with Crippen LogP contribution in [0.3, 0.4) is 0 Å². The first-order valence-corrected chi connectivity index (χ1v) is 10.2. The average Bonchev–Trinajstić information content (AvgIpc) is 2.93. The molecule has 0 amide bonds. The van der Waals surface area contributed by atoms with Crippen molar-refractivity contribution in [2.24, 2.45) is 0 Å². The van der Waals surface area contributed by atoms with Crippen LogP contribution in [0.2, 0.25) is 15.1 Å². The third-order valence-corrected chi connectivity index (χ3v) is 5.64. The fraction of sp³-hybridized carbons (Fsp3) is 0.111. The molecule has 0 saturated carbocycles. The van der Waals surface area contributed by atoms with Gasteiger partial charge < -0.3 is 10.6 Å². The highest BCUT2D eigenvalue weighted by Crippen LogP contribution is 2.25. The van der Waals surface area contributed by atoms with E-state index >= 15 is 0 Å². The van der Waals surface area contributed by atoms with Gasteiger partial charge in [0.1, 0.15) is 0 Å². The summed E-state index contributed by atoms with van der Waals surface area (Å²) in [6.07, 6.45) is 1.86. The van der Waals surface area contributed by atoms with E-state index in [2.05, 4.69) is 31.7 Å². The maximum atomic E-state index is 6.14. The van der Waals surface area contributed by atoms with E-state index < -0.39 is 0 Å². The molecule has 0 radical (unpaired) electrons. The molecule has 0 unspecified atom stereocenters. The summed E-state index contributed by atoms with van der Waals surface area (Å²) in [5, 5.41) is 12.8. The van der Waals surface area contributed by atoms with Crippen molar-refractivity contribution in [1.29, 1.82) is 0 Å². The van der Waals surface area contributed by atoms with Crippen LogP contribution >= 0.6 is 63.0 Å². The number of benzene rings is 2. The zero-order valence-electron chi connectivity index (χ0n) is 14.1. The highest BCUT2D eigenvalue weighted by atomic mass is 79.9. The van der Waals surface area contributed by atoms with Gasteiger partial charge in [-0.1, -0.05) is 46.9 Å². The summed E-state index contributed by atoms with van der Waals surface area (Å²) < 4.78 is 2.56. The maximum absolute atomic E-state index is 6.14. The van der Waals surface area contributed by atoms with E-state index in [1.165, 1.54) is 0 Å². The summed E-state index contributed by atoms with van der Waals surface area (Å²) in [4.78, 5) is 0. The van der Waals surface area contributed by atoms with Gasteiger partial charge in [-0.2, -0.15) is 5.10 Å². The van der Waals surface area contributed by atoms with Gasteiger partial charge in [0.2, 0.25) is 0 Å². The molecule has 0 bridgehead atoms. The Labute approximate surface area is 185 Å². The smallest absolute Gasteiger partial charge is 0.176 e. The molecule has 4 nitrogen and oxygen atoms in total. The molecule has 2 aromatic carbocycles. The van der Waals surface area contributed by atoms with Crippen LogP contribution in [-0.2, 0) is 6.54 Å². The van der Waals surface area contributed by atoms with Gasteiger partial charge in [-0.15, -0.1) is 0 Å². The number of aromatic nitrogens is 2. The second kappa shape index (κ2) is 8.80. The van der Waals surface area contributed by atoms with E-state index in [9.17, 15) is 0 Å². The van der Waals surface area contributed by atoms with E-state index in [4.69, 9.17) is 47.0 Å². The zero-order chi connectivity index (χ0) is 19.6. The Hall–Kier alpha value is -1.31. The summed E-state index contributed by atoms with van der Waals surface area (Å²) >= 11 is 27.0. The Bertz CT molecular complexity index is 1010. The summed E-state index contributed by atoms with van der Waals surface area (Å²) in [6, 6.07) is 11.2. The third-order valence-electron chi connectivity index (χ3n) is 3.71. The molecule has 0 fully saturated rings. The van der Waals surface area contributed by atoms with Gasteiger partial charge in [0.05, 0.1) is 21.1 Å². The second-order valence-electron chi connectivity index (χ2n) is 5.81. The molecule has 0 aliphatic carbocycles. The first kappa shape index (κ1) is 20.4. The van der Waals surface area contributed by atoms with E-state index in [0.717, 1.165) is 21.3 Å². The molecule has 1 aromatic heterocycles. The molecular formula is C18H14BrCl3N4S. The lowest BCUT2D eigenvalue weighted by atomic mass is 10.2. The van der Waals surface area contributed by atoms with Crippen LogP contribution in [0.5, 0.6) is 0 Å². The lowest BCUT2D eigenvalue weighted by Crippen LogP contribution is -2.19. The van der Waals surface area contributed by atoms with Gasteiger partial charge in [-0.25, -0.2) is 0 Å². The summed E-state index contributed by atoms with van der Waals surface area (Å²) in [7, 11) is 0. The quantitative estimate of drug-likeness (QED) is 0.385. The molecule has 9 heteroatoms. The predicted molar refractivity (Wildman–Crippen MR) is 122 cm³/mol. The number of rotatable bonds is 4. The van der Waals surface area contributed by atoms with Crippen LogP contribution in [0.4, 0.5) is 11.5 Å². The zero-order valence-corrected chi connectivity index (χ0v) is 18.7. The number of hydrogen-bond acceptors (Lipinski definition) is 2. The van der Waals surface area contributed by atoms with Gasteiger partial charge in [0, 0.05) is 16.9 Å². The molecule has 2 N–H and O–H groups in total. The van der Waals surface area contributed by atoms with Crippen LogP contribution < -0.4 is 10.6 Å². The van der Waals surface area contributed by atoms with E-state index in [-0.39, 0.29) is 0 Å². The second-order valence-corrected chi connectivity index (χ2v) is 8.30. The average molecular weight is 505 g/mol. The number of anilines is 2. The number of thiocarbonyl (C=S) groups is 1. The van der Waals surface area contributed by atoms with Crippen molar-refractivity contribution in [3.05, 3.63) is 73.3 Å². The SMILES string of the molecule is Cc1ccc(NC(=S)Nc2nn(Cc3ccc(Cl)c(Cl)c3)cc2Br)cc1Cl. The van der Waals surface area contributed by atoms with Gasteiger partial charge in [0.15, 0.2) is 10.9 Å². The van der Waals surface area contributed by atoms with E-state index in [0.29, 0.717) is 32.5 Å². The van der Waals surface area contributed by atoms with Crippen molar-refractivity contribution in [2.45, 2.75) is 13.5 Å². The molecular weight excluding hydrogens is 491 g/mol. The van der Waals surface area contributed by atoms with Crippen molar-refractivity contribution < 1.29 is 0 Å². The number of nitrogens with zero attached hydrogens (tertiary/aromatic N) is 2. The lowest BCUT2D eigenvalue weighted by Gasteiger charge is -2.10. The van der Waals surface area contributed by atoms with Gasteiger partial charge in [-0.3, -0.25) is 4.68 Å². The Morgan fingerprint density at radius 1 is 1.07 bits per heavy atom. The van der Waals surface area contributed by atoms with Crippen LogP contribution in [0.15, 0.2) is 47.1 Å². The molecule has 0 aliphatic rings. The van der Waals surface area contributed by atoms with E-state index in [1.807, 2.05) is 43.5 Å². The summed E-state index contributed by atoms with van der Waals surface area (Å²) in [5.41, 5.74) is 2.79. The Morgan fingerprint density at radius 3 is 2.56 bits per heavy atom. The van der Waals surface area contributed by atoms with Crippen LogP contribution in [0.25, 0.3) is 0 Å². The molecule has 3 aromatic rings. The third kappa shape index (κ3) is 5.36. The molecule has 0 atom stereocenters. The van der Waals surface area contributed by atoms with Crippen molar-refractivity contribution in [1.82, 2.24) is 9.78 Å². The fourth-order valence-corrected chi connectivity index (χ4v) is 3.46. The monoisotopic (exact) mass is 502 g/mol. The fourth-order valence-electron chi connectivity index (χ4n) is 2.33. The summed E-state index contributed by atoms with van der Waals surface area (Å²) in [6.45, 7) is 2.49. The molecule has 1 heterocycles. The Kier molecular flexibility index (Phi) is 6.65. The molecule has 27 heavy (non-hydrogen) atoms. The molecule has 140 valence electrons. The van der Waals surface area contributed by atoms with Crippen LogP contribution in [-0.4, -0.2) is 14.9 Å². The minimum absolute atomic E-state index is 0.412. The van der Waals surface area contributed by atoms with Gasteiger partial charge in [0.25, 0.3) is 0 Å². The minimum Gasteiger partial charge on any atom is -0.332 e. The summed E-state index contributed by atoms with van der Waals surface area (Å²) in [5.74, 6) is 0.603. The largest absolute Gasteiger partial charge is 0.332 e. The van der Waals surface area contributed by atoms with Crippen LogP contribution in [0, 0.1) is 6.92 Å². The number of halogens is 4. The van der Waals surface area contributed by atoms with Crippen molar-refractivity contribution in [3.8, 4) is 0 Å². The van der Waals surface area contributed by atoms with Crippen molar-refractivity contribution >= 4 is 79.6 Å². The Morgan fingerprint density at radius 2 is 1.85 bits per heavy atom. The van der Waals surface area contributed by atoms with Crippen molar-refractivity contribution in [2.75, 3.05) is 10.6 Å². The molecule has 0 aliphatic heterocycles. The normalized spacial score (nSPS) is 10.7. The van der Waals surface area contributed by atoms with Crippen LogP contribution in [0.1, 0.15) is 11.1 Å². The topological polar surface area (TPSA) is 41.9 Å². The maximum Gasteiger partial charge on any atom is 0.176 e. The standard InChI is InChI=1S/C18H14BrCl3N4S/c1-10-2-4-12(7-15(10)21)23-18(27)24-17-13(19)9-26(25-17)8-11-3-5-14(20)16(22)6-11/h2-7,9H,8H2,1H3,(H2,23,24,25,27). The number of aryl methyl sites for hydroxylation is 1. The van der Waals surface area contributed by atoms with E-state index in [1.54, 1.807) is 10.7 Å². The van der Waals surface area contributed by atoms with Crippen molar-refractivity contribution in [3.63, 3.8) is 0 Å². The molecule has 0 saturated heterocycles. The Balaban J connectivity index is 1.67. The van der Waals surface area contributed by atoms with Gasteiger partial charge >= 0.3 is 0 Å². The molecule has 0 spiro atoms. The minimum atomic E-state index is 0.412. The number of hydrogen-bond donors (Lipinski definition) is 2. The lowest BCUT2D eigenvalue weighted by molar-refractivity contribution is 0.689. The first-order chi connectivity index (χ1) is 12.8. The predicted octanol–water partition coefficient (Wildman–Crippen LogP) is 6.77. The molecule has 3 rings (SSSR count). The van der Waals surface area contributed by atoms with Gasteiger partial charge in [-0.05, 0) is 70.5 Å².